The molecule has 0 amide bonds. The first kappa shape index (κ1) is 26.0. The molecule has 7 aromatic carbocycles. The van der Waals surface area contributed by atoms with Gasteiger partial charge in [0.25, 0.3) is 0 Å². The first-order chi connectivity index (χ1) is 22.1. The van der Waals surface area contributed by atoms with Crippen molar-refractivity contribution in [3.8, 4) is 33.8 Å². The molecule has 0 fully saturated rings. The molecule has 1 heteroatoms. The summed E-state index contributed by atoms with van der Waals surface area (Å²) in [4.78, 5) is 0. The zero-order valence-corrected chi connectivity index (χ0v) is 25.4. The van der Waals surface area contributed by atoms with E-state index in [0.717, 1.165) is 11.5 Å². The van der Waals surface area contributed by atoms with E-state index < -0.39 is 5.41 Å². The summed E-state index contributed by atoms with van der Waals surface area (Å²) in [5.74, 6) is 1.87. The molecule has 0 radical (unpaired) electrons. The zero-order chi connectivity index (χ0) is 30.2. The molecule has 214 valence electrons. The highest BCUT2D eigenvalue weighted by Crippen LogP contribution is 2.59. The average molecular weight is 577 g/mol. The molecule has 7 aromatic rings. The minimum absolute atomic E-state index is 0.227. The Balaban J connectivity index is 1.38. The SMILES string of the molecule is CC1(C)c2ccccc2Oc2cccc(-c3ccc4c(c3)C(c3ccccc3)(c3ccccc3)c3c-4ccc4ccccc34)c21. The minimum atomic E-state index is -0.489. The summed E-state index contributed by atoms with van der Waals surface area (Å²) in [6.07, 6.45) is 0. The highest BCUT2D eigenvalue weighted by Gasteiger charge is 2.47. The molecule has 0 aromatic heterocycles. The molecule has 1 nitrogen and oxygen atoms in total. The molecule has 2 aliphatic rings. The fourth-order valence-electron chi connectivity index (χ4n) is 8.26. The van der Waals surface area contributed by atoms with Gasteiger partial charge in [0.15, 0.2) is 0 Å². The van der Waals surface area contributed by atoms with E-state index in [9.17, 15) is 0 Å². The van der Waals surface area contributed by atoms with Gasteiger partial charge in [-0.3, -0.25) is 0 Å². The second-order valence-corrected chi connectivity index (χ2v) is 12.9. The smallest absolute Gasteiger partial charge is 0.132 e. The van der Waals surface area contributed by atoms with Gasteiger partial charge in [0.2, 0.25) is 0 Å². The first-order valence-electron chi connectivity index (χ1n) is 15.8. The Kier molecular flexibility index (Phi) is 5.53. The number of hydrogen-bond acceptors (Lipinski definition) is 1. The number of para-hydroxylation sites is 1. The predicted molar refractivity (Wildman–Crippen MR) is 185 cm³/mol. The van der Waals surface area contributed by atoms with Crippen LogP contribution in [-0.2, 0) is 10.8 Å². The van der Waals surface area contributed by atoms with Gasteiger partial charge in [0.05, 0.1) is 5.41 Å². The Morgan fingerprint density at radius 3 is 1.87 bits per heavy atom. The van der Waals surface area contributed by atoms with Crippen molar-refractivity contribution in [1.29, 1.82) is 0 Å². The van der Waals surface area contributed by atoms with Gasteiger partial charge in [0.1, 0.15) is 11.5 Å². The maximum Gasteiger partial charge on any atom is 0.132 e. The largest absolute Gasteiger partial charge is 0.457 e. The molecular formula is C44H32O. The van der Waals surface area contributed by atoms with E-state index in [-0.39, 0.29) is 5.41 Å². The third-order valence-corrected chi connectivity index (χ3v) is 10.2. The second-order valence-electron chi connectivity index (χ2n) is 12.9. The molecule has 0 N–H and O–H groups in total. The molecule has 1 aliphatic carbocycles. The van der Waals surface area contributed by atoms with E-state index in [2.05, 4.69) is 172 Å². The zero-order valence-electron chi connectivity index (χ0n) is 25.4. The Hall–Kier alpha value is -5.40. The van der Waals surface area contributed by atoms with Crippen molar-refractivity contribution >= 4 is 10.8 Å². The van der Waals surface area contributed by atoms with E-state index in [1.165, 1.54) is 66.4 Å². The van der Waals surface area contributed by atoms with Crippen molar-refractivity contribution in [3.63, 3.8) is 0 Å². The van der Waals surface area contributed by atoms with Crippen LogP contribution < -0.4 is 4.74 Å². The normalized spacial score (nSPS) is 15.0. The van der Waals surface area contributed by atoms with Crippen LogP contribution in [0.15, 0.2) is 158 Å². The van der Waals surface area contributed by atoms with Crippen molar-refractivity contribution in [1.82, 2.24) is 0 Å². The van der Waals surface area contributed by atoms with Crippen LogP contribution in [0.2, 0.25) is 0 Å². The predicted octanol–water partition coefficient (Wildman–Crippen LogP) is 11.3. The second kappa shape index (κ2) is 9.55. The van der Waals surface area contributed by atoms with Crippen LogP contribution in [0, 0.1) is 0 Å². The molecular weight excluding hydrogens is 544 g/mol. The molecule has 0 spiro atoms. The van der Waals surface area contributed by atoms with E-state index in [1.54, 1.807) is 0 Å². The first-order valence-corrected chi connectivity index (χ1v) is 15.8. The van der Waals surface area contributed by atoms with Gasteiger partial charge in [-0.2, -0.15) is 0 Å². The molecule has 0 saturated carbocycles. The highest BCUT2D eigenvalue weighted by atomic mass is 16.5. The van der Waals surface area contributed by atoms with Gasteiger partial charge in [-0.05, 0) is 73.5 Å². The lowest BCUT2D eigenvalue weighted by Crippen LogP contribution is -2.29. The summed E-state index contributed by atoms with van der Waals surface area (Å²) in [5, 5.41) is 2.55. The van der Waals surface area contributed by atoms with Crippen molar-refractivity contribution in [2.45, 2.75) is 24.7 Å². The maximum absolute atomic E-state index is 6.55. The Morgan fingerprint density at radius 1 is 0.444 bits per heavy atom. The summed E-state index contributed by atoms with van der Waals surface area (Å²) >= 11 is 0. The molecule has 0 atom stereocenters. The topological polar surface area (TPSA) is 9.23 Å². The van der Waals surface area contributed by atoms with Crippen molar-refractivity contribution < 1.29 is 4.74 Å². The quantitative estimate of drug-likeness (QED) is 0.203. The van der Waals surface area contributed by atoms with Gasteiger partial charge >= 0.3 is 0 Å². The lowest BCUT2D eigenvalue weighted by molar-refractivity contribution is 0.419. The number of fused-ring (bicyclic) bond motifs is 7. The van der Waals surface area contributed by atoms with E-state index in [0.29, 0.717) is 0 Å². The summed E-state index contributed by atoms with van der Waals surface area (Å²) in [6.45, 7) is 4.65. The average Bonchev–Trinajstić information content (AvgIpc) is 3.40. The van der Waals surface area contributed by atoms with Crippen molar-refractivity contribution in [2.75, 3.05) is 0 Å². The lowest BCUT2D eigenvalue weighted by atomic mass is 9.66. The molecule has 1 aliphatic heterocycles. The van der Waals surface area contributed by atoms with Crippen LogP contribution in [0.25, 0.3) is 33.0 Å². The molecule has 0 unspecified atom stereocenters. The minimum Gasteiger partial charge on any atom is -0.457 e. The highest BCUT2D eigenvalue weighted by molar-refractivity contribution is 6.01. The summed E-state index contributed by atoms with van der Waals surface area (Å²) in [5.41, 5.74) is 12.0. The van der Waals surface area contributed by atoms with Crippen LogP contribution in [0.5, 0.6) is 11.5 Å². The van der Waals surface area contributed by atoms with Crippen LogP contribution in [0.1, 0.15) is 47.2 Å². The van der Waals surface area contributed by atoms with Gasteiger partial charge < -0.3 is 4.74 Å². The Morgan fingerprint density at radius 2 is 1.09 bits per heavy atom. The molecule has 0 saturated heterocycles. The number of benzene rings is 7. The Bertz CT molecular complexity index is 2220. The van der Waals surface area contributed by atoms with E-state index >= 15 is 0 Å². The van der Waals surface area contributed by atoms with Gasteiger partial charge in [-0.1, -0.05) is 153 Å². The monoisotopic (exact) mass is 576 g/mol. The van der Waals surface area contributed by atoms with Gasteiger partial charge in [-0.25, -0.2) is 0 Å². The van der Waals surface area contributed by atoms with E-state index in [4.69, 9.17) is 4.74 Å². The van der Waals surface area contributed by atoms with Crippen LogP contribution in [0.4, 0.5) is 0 Å². The number of rotatable bonds is 3. The molecule has 0 bridgehead atoms. The maximum atomic E-state index is 6.55. The van der Waals surface area contributed by atoms with E-state index in [1.807, 2.05) is 0 Å². The third kappa shape index (κ3) is 3.56. The number of ether oxygens (including phenoxy) is 1. The number of hydrogen-bond donors (Lipinski definition) is 0. The van der Waals surface area contributed by atoms with Crippen LogP contribution >= 0.6 is 0 Å². The molecule has 9 rings (SSSR count). The van der Waals surface area contributed by atoms with Crippen LogP contribution in [-0.4, -0.2) is 0 Å². The Labute approximate surface area is 264 Å². The summed E-state index contributed by atoms with van der Waals surface area (Å²) in [6, 6.07) is 57.7. The van der Waals surface area contributed by atoms with Crippen molar-refractivity contribution in [3.05, 3.63) is 191 Å². The van der Waals surface area contributed by atoms with Crippen molar-refractivity contribution in [2.24, 2.45) is 0 Å². The standard InChI is InChI=1S/C44H32O/c1-43(2)37-21-11-12-22-39(37)45-40-23-13-20-34(42(40)43)30-25-26-35-36-27-24-29-14-9-10-19-33(29)41(36)44(38(35)28-30,31-15-5-3-6-16-31)32-17-7-4-8-18-32/h3-28H,1-2H3. The third-order valence-electron chi connectivity index (χ3n) is 10.2. The van der Waals surface area contributed by atoms with Gasteiger partial charge in [-0.15, -0.1) is 0 Å². The summed E-state index contributed by atoms with van der Waals surface area (Å²) in [7, 11) is 0. The fourth-order valence-corrected chi connectivity index (χ4v) is 8.26. The fraction of sp³-hybridized carbons (Fsp3) is 0.0909. The lowest BCUT2D eigenvalue weighted by Gasteiger charge is -2.37. The molecule has 1 heterocycles. The van der Waals surface area contributed by atoms with Gasteiger partial charge in [0, 0.05) is 16.5 Å². The molecule has 45 heavy (non-hydrogen) atoms. The van der Waals surface area contributed by atoms with Crippen LogP contribution in [0.3, 0.4) is 0 Å². The summed E-state index contributed by atoms with van der Waals surface area (Å²) < 4.78 is 6.55.